The third kappa shape index (κ3) is 5.09. The molecule has 0 radical (unpaired) electrons. The number of benzene rings is 1. The molecule has 2 heterocycles. The van der Waals surface area contributed by atoms with Crippen molar-refractivity contribution in [3.05, 3.63) is 60.6 Å². The summed E-state index contributed by atoms with van der Waals surface area (Å²) >= 11 is 0. The molecule has 2 aliphatic heterocycles. The maximum absolute atomic E-state index is 6.56. The first-order valence-corrected chi connectivity index (χ1v) is 12.0. The molecule has 0 amide bonds. The Morgan fingerprint density at radius 3 is 2.74 bits per heavy atom. The number of ether oxygens (including phenoxy) is 2. The molecule has 1 aromatic rings. The summed E-state index contributed by atoms with van der Waals surface area (Å²) in [6, 6.07) is 11.1. The third-order valence-electron chi connectivity index (χ3n) is 7.24. The van der Waals surface area contributed by atoms with Gasteiger partial charge in [-0.25, -0.2) is 0 Å². The van der Waals surface area contributed by atoms with Gasteiger partial charge in [0.25, 0.3) is 0 Å². The number of rotatable bonds is 8. The molecule has 3 fully saturated rings. The molecule has 170 valence electrons. The van der Waals surface area contributed by atoms with Crippen LogP contribution in [0.5, 0.6) is 0 Å². The Balaban J connectivity index is 1.37. The molecule has 4 rings (SSSR count). The van der Waals surface area contributed by atoms with Crippen LogP contribution in [-0.2, 0) is 9.47 Å². The van der Waals surface area contributed by atoms with Crippen LogP contribution in [0.3, 0.4) is 0 Å². The first-order chi connectivity index (χ1) is 15.1. The molecule has 3 aliphatic rings. The Morgan fingerprint density at radius 2 is 2.03 bits per heavy atom. The third-order valence-corrected chi connectivity index (χ3v) is 7.24. The van der Waals surface area contributed by atoms with Crippen LogP contribution in [0.1, 0.15) is 56.9 Å². The molecule has 1 saturated carbocycles. The van der Waals surface area contributed by atoms with Gasteiger partial charge in [-0.1, -0.05) is 50.4 Å². The largest absolute Gasteiger partial charge is 0.377 e. The molecule has 1 aromatic carbocycles. The molecule has 0 bridgehead atoms. The second-order valence-electron chi connectivity index (χ2n) is 9.43. The number of likely N-dealkylation sites (tertiary alicyclic amines) is 1. The predicted molar refractivity (Wildman–Crippen MR) is 126 cm³/mol. The second kappa shape index (κ2) is 10.1. The lowest BCUT2D eigenvalue weighted by molar-refractivity contribution is -0.0346. The van der Waals surface area contributed by atoms with E-state index in [1.807, 2.05) is 0 Å². The standard InChI is InChI=1S/C26H39N3O2/c1-4-15-27-21(3)29-16-14-26(19-30-17-20(2)28-26)25(29)18-31-24-12-10-23(11-13-24)22-8-6-5-7-9-22/h5-9,23-25,27-28H,2-4,10-19H2,1H3. The fourth-order valence-electron chi connectivity index (χ4n) is 5.49. The summed E-state index contributed by atoms with van der Waals surface area (Å²) in [5.74, 6) is 1.67. The van der Waals surface area contributed by atoms with Crippen molar-refractivity contribution in [3.8, 4) is 0 Å². The second-order valence-corrected chi connectivity index (χ2v) is 9.43. The number of hydrogen-bond acceptors (Lipinski definition) is 5. The van der Waals surface area contributed by atoms with Gasteiger partial charge < -0.3 is 25.0 Å². The van der Waals surface area contributed by atoms with E-state index in [9.17, 15) is 0 Å². The van der Waals surface area contributed by atoms with Crippen LogP contribution >= 0.6 is 0 Å². The topological polar surface area (TPSA) is 45.8 Å². The van der Waals surface area contributed by atoms with Crippen LogP contribution in [0.4, 0.5) is 0 Å². The smallest absolute Gasteiger partial charge is 0.0942 e. The zero-order valence-electron chi connectivity index (χ0n) is 19.1. The fraction of sp³-hybridized carbons (Fsp3) is 0.615. The Morgan fingerprint density at radius 1 is 1.26 bits per heavy atom. The molecule has 5 nitrogen and oxygen atoms in total. The van der Waals surface area contributed by atoms with Crippen LogP contribution < -0.4 is 10.6 Å². The molecule has 0 aromatic heterocycles. The first kappa shape index (κ1) is 22.2. The lowest BCUT2D eigenvalue weighted by atomic mass is 9.82. The van der Waals surface area contributed by atoms with E-state index in [1.54, 1.807) is 0 Å². The van der Waals surface area contributed by atoms with E-state index < -0.39 is 0 Å². The quantitative estimate of drug-likeness (QED) is 0.655. The van der Waals surface area contributed by atoms with Gasteiger partial charge in [0.1, 0.15) is 0 Å². The van der Waals surface area contributed by atoms with Gasteiger partial charge in [0.05, 0.1) is 43.3 Å². The SMILES string of the molecule is C=C1COCC2(CCN(C(=C)NCCC)C2COC2CCC(c3ccccc3)CC2)N1. The van der Waals surface area contributed by atoms with E-state index in [0.29, 0.717) is 31.8 Å². The highest BCUT2D eigenvalue weighted by molar-refractivity contribution is 5.20. The summed E-state index contributed by atoms with van der Waals surface area (Å²) in [6.07, 6.45) is 7.10. The molecular weight excluding hydrogens is 386 g/mol. The average molecular weight is 426 g/mol. The minimum absolute atomic E-state index is 0.145. The van der Waals surface area contributed by atoms with Gasteiger partial charge in [-0.3, -0.25) is 0 Å². The van der Waals surface area contributed by atoms with Crippen molar-refractivity contribution in [2.24, 2.45) is 0 Å². The van der Waals surface area contributed by atoms with Crippen molar-refractivity contribution in [2.75, 3.05) is 32.9 Å². The zero-order valence-corrected chi connectivity index (χ0v) is 19.1. The summed E-state index contributed by atoms with van der Waals surface area (Å²) in [6.45, 7) is 14.5. The lowest BCUT2D eigenvalue weighted by Crippen LogP contribution is -2.62. The number of hydrogen-bond donors (Lipinski definition) is 2. The summed E-state index contributed by atoms with van der Waals surface area (Å²) in [5.41, 5.74) is 2.30. The van der Waals surface area contributed by atoms with E-state index >= 15 is 0 Å². The Bertz CT molecular complexity index is 744. The molecule has 5 heteroatoms. The van der Waals surface area contributed by atoms with Crippen LogP contribution in [0, 0.1) is 0 Å². The highest BCUT2D eigenvalue weighted by atomic mass is 16.5. The van der Waals surface area contributed by atoms with Crippen molar-refractivity contribution >= 4 is 0 Å². The van der Waals surface area contributed by atoms with Crippen molar-refractivity contribution < 1.29 is 9.47 Å². The highest BCUT2D eigenvalue weighted by Crippen LogP contribution is 2.37. The van der Waals surface area contributed by atoms with Crippen LogP contribution in [0.2, 0.25) is 0 Å². The van der Waals surface area contributed by atoms with E-state index in [-0.39, 0.29) is 11.6 Å². The minimum atomic E-state index is -0.145. The molecular formula is C26H39N3O2. The molecule has 2 atom stereocenters. The normalized spacial score (nSPS) is 30.9. The number of nitrogens with one attached hydrogen (secondary N) is 2. The highest BCUT2D eigenvalue weighted by Gasteiger charge is 2.50. The molecule has 2 N–H and O–H groups in total. The van der Waals surface area contributed by atoms with Gasteiger partial charge in [0.15, 0.2) is 0 Å². The Hall–Kier alpha value is -1.98. The van der Waals surface area contributed by atoms with Crippen molar-refractivity contribution in [1.29, 1.82) is 0 Å². The van der Waals surface area contributed by atoms with Gasteiger partial charge >= 0.3 is 0 Å². The summed E-state index contributed by atoms with van der Waals surface area (Å²) in [4.78, 5) is 2.39. The van der Waals surface area contributed by atoms with Gasteiger partial charge in [0, 0.05) is 18.8 Å². The summed E-state index contributed by atoms with van der Waals surface area (Å²) < 4.78 is 12.5. The van der Waals surface area contributed by atoms with E-state index in [4.69, 9.17) is 9.47 Å². The number of nitrogens with zero attached hydrogens (tertiary/aromatic N) is 1. The van der Waals surface area contributed by atoms with Gasteiger partial charge in [-0.15, -0.1) is 0 Å². The first-order valence-electron chi connectivity index (χ1n) is 12.0. The van der Waals surface area contributed by atoms with Crippen molar-refractivity contribution in [3.63, 3.8) is 0 Å². The lowest BCUT2D eigenvalue weighted by Gasteiger charge is -2.44. The van der Waals surface area contributed by atoms with Gasteiger partial charge in [-0.2, -0.15) is 0 Å². The molecule has 1 aliphatic carbocycles. The number of morpholine rings is 1. The van der Waals surface area contributed by atoms with E-state index in [0.717, 1.165) is 50.3 Å². The zero-order chi connectivity index (χ0) is 21.7. The molecule has 1 spiro atoms. The summed E-state index contributed by atoms with van der Waals surface area (Å²) in [5, 5.41) is 7.17. The van der Waals surface area contributed by atoms with Crippen LogP contribution in [0.15, 0.2) is 55.0 Å². The van der Waals surface area contributed by atoms with Crippen LogP contribution in [-0.4, -0.2) is 55.5 Å². The van der Waals surface area contributed by atoms with Crippen molar-refractivity contribution in [1.82, 2.24) is 15.5 Å². The minimum Gasteiger partial charge on any atom is -0.377 e. The fourth-order valence-corrected chi connectivity index (χ4v) is 5.49. The van der Waals surface area contributed by atoms with Gasteiger partial charge in [-0.05, 0) is 50.0 Å². The molecule has 2 unspecified atom stereocenters. The monoisotopic (exact) mass is 425 g/mol. The maximum Gasteiger partial charge on any atom is 0.0942 e. The molecule has 31 heavy (non-hydrogen) atoms. The maximum atomic E-state index is 6.56. The Labute approximate surface area is 187 Å². The average Bonchev–Trinajstić information content (AvgIpc) is 3.13. The van der Waals surface area contributed by atoms with E-state index in [2.05, 4.69) is 65.9 Å². The predicted octanol–water partition coefficient (Wildman–Crippen LogP) is 4.15. The Kier molecular flexibility index (Phi) is 7.24. The van der Waals surface area contributed by atoms with Gasteiger partial charge in [0.2, 0.25) is 0 Å². The summed E-state index contributed by atoms with van der Waals surface area (Å²) in [7, 11) is 0. The van der Waals surface area contributed by atoms with E-state index in [1.165, 1.54) is 18.4 Å². The molecule has 2 saturated heterocycles. The van der Waals surface area contributed by atoms with Crippen molar-refractivity contribution in [2.45, 2.75) is 69.1 Å². The van der Waals surface area contributed by atoms with Crippen LogP contribution in [0.25, 0.3) is 0 Å².